The number of nitrogens with one attached hydrogen (secondary N) is 3. The second-order valence-corrected chi connectivity index (χ2v) is 11.5. The number of aliphatic hydroxyl groups excluding tert-OH is 1. The molecule has 4 N–H and O–H groups in total. The van der Waals surface area contributed by atoms with E-state index >= 15 is 0 Å². The molecule has 1 unspecified atom stereocenters. The molecule has 1 saturated carbocycles. The second-order valence-electron chi connectivity index (χ2n) is 11.5. The number of ether oxygens (including phenoxy) is 4. The largest absolute Gasteiger partial charge is 0.423 e. The molecule has 0 bridgehead atoms. The molecular weight excluding hydrogens is 597 g/mol. The highest BCUT2D eigenvalue weighted by molar-refractivity contribution is 5.72. The Bertz CT molecular complexity index is 1190. The number of hydrogen-bond acceptors (Lipinski definition) is 13. The number of anilines is 4. The van der Waals surface area contributed by atoms with Crippen LogP contribution in [0.3, 0.4) is 0 Å². The minimum absolute atomic E-state index is 0.0266. The zero-order valence-corrected chi connectivity index (χ0v) is 27.0. The lowest BCUT2D eigenvalue weighted by Crippen LogP contribution is -2.35. The summed E-state index contributed by atoms with van der Waals surface area (Å²) in [5, 5.41) is 18.6. The molecule has 2 aromatic rings. The van der Waals surface area contributed by atoms with Crippen LogP contribution in [0.5, 0.6) is 5.75 Å². The fourth-order valence-electron chi connectivity index (χ4n) is 5.66. The number of carbonyl (C=O) groups is 1. The van der Waals surface area contributed by atoms with Gasteiger partial charge in [0.2, 0.25) is 17.8 Å². The fourth-order valence-corrected chi connectivity index (χ4v) is 5.66. The summed E-state index contributed by atoms with van der Waals surface area (Å²) in [4.78, 5) is 28.5. The van der Waals surface area contributed by atoms with Gasteiger partial charge in [-0.25, -0.2) is 4.39 Å². The van der Waals surface area contributed by atoms with Gasteiger partial charge in [0, 0.05) is 30.4 Å². The molecule has 14 heteroatoms. The third-order valence-electron chi connectivity index (χ3n) is 8.07. The minimum Gasteiger partial charge on any atom is -0.423 e. The highest BCUT2D eigenvalue weighted by atomic mass is 19.1. The number of halogens is 1. The third kappa shape index (κ3) is 12.6. The first-order valence-electron chi connectivity index (χ1n) is 16.7. The Morgan fingerprint density at radius 3 is 2.33 bits per heavy atom. The number of carbonyl (C=O) groups excluding carboxylic acids is 1. The monoisotopic (exact) mass is 647 g/mol. The maximum atomic E-state index is 15.0. The molecule has 1 aromatic heterocycles. The van der Waals surface area contributed by atoms with E-state index in [2.05, 4.69) is 42.7 Å². The molecule has 4 rings (SSSR count). The van der Waals surface area contributed by atoms with E-state index in [1.165, 1.54) is 44.2 Å². The van der Waals surface area contributed by atoms with Crippen LogP contribution >= 0.6 is 0 Å². The van der Waals surface area contributed by atoms with Gasteiger partial charge in [0.1, 0.15) is 0 Å². The normalized spacial score (nSPS) is 17.5. The zero-order chi connectivity index (χ0) is 32.4. The molecule has 0 spiro atoms. The van der Waals surface area contributed by atoms with Crippen molar-refractivity contribution in [3.05, 3.63) is 24.0 Å². The summed E-state index contributed by atoms with van der Waals surface area (Å²) in [5.41, 5.74) is 0.410. The van der Waals surface area contributed by atoms with E-state index < -0.39 is 11.8 Å². The van der Waals surface area contributed by atoms with E-state index in [9.17, 15) is 9.18 Å². The van der Waals surface area contributed by atoms with Crippen molar-refractivity contribution in [3.8, 4) is 5.75 Å². The Labute approximate surface area is 271 Å². The fraction of sp³-hybridized carbons (Fsp3) is 0.688. The van der Waals surface area contributed by atoms with Crippen molar-refractivity contribution in [1.29, 1.82) is 0 Å². The number of aromatic nitrogens is 3. The first kappa shape index (κ1) is 35.7. The Balaban J connectivity index is 1.29. The maximum absolute atomic E-state index is 15.0. The average Bonchev–Trinajstić information content (AvgIpc) is 3.36. The molecule has 1 atom stereocenters. The lowest BCUT2D eigenvalue weighted by atomic mass is 10.1. The Kier molecular flexibility index (Phi) is 15.6. The Morgan fingerprint density at radius 1 is 0.913 bits per heavy atom. The second kappa shape index (κ2) is 20.1. The zero-order valence-electron chi connectivity index (χ0n) is 27.0. The number of hydrogen-bond donors (Lipinski definition) is 4. The van der Waals surface area contributed by atoms with E-state index in [4.69, 9.17) is 24.1 Å². The summed E-state index contributed by atoms with van der Waals surface area (Å²) in [6, 6.07) is 4.97. The van der Waals surface area contributed by atoms with Crippen LogP contribution in [0, 0.1) is 5.82 Å². The van der Waals surface area contributed by atoms with Crippen molar-refractivity contribution in [2.24, 2.45) is 0 Å². The predicted molar refractivity (Wildman–Crippen MR) is 173 cm³/mol. The molecule has 0 radical (unpaired) electrons. The molecular formula is C32H50FN7O6. The van der Waals surface area contributed by atoms with E-state index in [0.29, 0.717) is 56.1 Å². The highest BCUT2D eigenvalue weighted by Crippen LogP contribution is 2.25. The SMILES string of the molecule is CCN1CCCC1CNc1nc(Nc2ccc(OC(=O)CCOCCOCCOCCO)c(F)c2)nc(NC2CCCCCC2)n1. The highest BCUT2D eigenvalue weighted by Gasteiger charge is 2.23. The molecule has 13 nitrogen and oxygen atoms in total. The number of nitrogens with zero attached hydrogens (tertiary/aromatic N) is 4. The van der Waals surface area contributed by atoms with E-state index in [1.54, 1.807) is 6.07 Å². The molecule has 2 aliphatic rings. The molecule has 2 heterocycles. The molecule has 1 aromatic carbocycles. The van der Waals surface area contributed by atoms with Crippen LogP contribution in [0.25, 0.3) is 0 Å². The van der Waals surface area contributed by atoms with E-state index in [1.807, 2.05) is 0 Å². The van der Waals surface area contributed by atoms with E-state index in [-0.39, 0.29) is 37.9 Å². The van der Waals surface area contributed by atoms with Gasteiger partial charge in [0.15, 0.2) is 11.6 Å². The number of rotatable bonds is 20. The van der Waals surface area contributed by atoms with Crippen molar-refractivity contribution >= 4 is 29.5 Å². The first-order chi connectivity index (χ1) is 22.5. The topological polar surface area (TPSA) is 152 Å². The summed E-state index contributed by atoms with van der Waals surface area (Å²) in [6.45, 7) is 6.80. The minimum atomic E-state index is -0.693. The van der Waals surface area contributed by atoms with Crippen LogP contribution in [-0.2, 0) is 19.0 Å². The quantitative estimate of drug-likeness (QED) is 0.0706. The van der Waals surface area contributed by atoms with Gasteiger partial charge in [-0.05, 0) is 50.9 Å². The lowest BCUT2D eigenvalue weighted by molar-refractivity contribution is -0.135. The van der Waals surface area contributed by atoms with Gasteiger partial charge in [-0.2, -0.15) is 15.0 Å². The van der Waals surface area contributed by atoms with Crippen LogP contribution < -0.4 is 20.7 Å². The standard InChI is InChI=1S/C32H50FN7O6/c1-2-40-14-7-10-26(40)23-34-30-37-31(35-24-8-5-3-4-6-9-24)39-32(38-30)36-25-11-12-28(27(33)22-25)46-29(42)13-16-43-18-20-45-21-19-44-17-15-41/h11-12,22,24,26,41H,2-10,13-21,23H2,1H3,(H3,34,35,36,37,38,39). The summed E-state index contributed by atoms with van der Waals surface area (Å²) in [5.74, 6) is -0.241. The summed E-state index contributed by atoms with van der Waals surface area (Å²) in [7, 11) is 0. The smallest absolute Gasteiger partial charge is 0.313 e. The summed E-state index contributed by atoms with van der Waals surface area (Å²) >= 11 is 0. The van der Waals surface area contributed by atoms with Crippen LogP contribution in [0.1, 0.15) is 64.7 Å². The molecule has 0 amide bonds. The number of esters is 1. The molecule has 1 aliphatic heterocycles. The number of benzene rings is 1. The molecule has 46 heavy (non-hydrogen) atoms. The molecule has 2 fully saturated rings. The van der Waals surface area contributed by atoms with Crippen LogP contribution in [0.15, 0.2) is 18.2 Å². The van der Waals surface area contributed by atoms with Gasteiger partial charge in [0.05, 0.1) is 52.7 Å². The van der Waals surface area contributed by atoms with Crippen LogP contribution in [-0.4, -0.2) is 109 Å². The summed E-state index contributed by atoms with van der Waals surface area (Å²) < 4.78 is 35.9. The van der Waals surface area contributed by atoms with Gasteiger partial charge >= 0.3 is 5.97 Å². The van der Waals surface area contributed by atoms with Crippen molar-refractivity contribution in [2.75, 3.05) is 81.8 Å². The molecule has 256 valence electrons. The maximum Gasteiger partial charge on any atom is 0.313 e. The van der Waals surface area contributed by atoms with Crippen molar-refractivity contribution in [1.82, 2.24) is 19.9 Å². The van der Waals surface area contributed by atoms with Gasteiger partial charge in [-0.15, -0.1) is 0 Å². The number of aliphatic hydroxyl groups is 1. The number of likely N-dealkylation sites (tertiary alicyclic amines) is 1. The van der Waals surface area contributed by atoms with E-state index in [0.717, 1.165) is 38.9 Å². The lowest BCUT2D eigenvalue weighted by Gasteiger charge is -2.23. The Morgan fingerprint density at radius 2 is 1.61 bits per heavy atom. The van der Waals surface area contributed by atoms with Crippen LogP contribution in [0.2, 0.25) is 0 Å². The van der Waals surface area contributed by atoms with Crippen molar-refractivity contribution in [3.63, 3.8) is 0 Å². The van der Waals surface area contributed by atoms with Gasteiger partial charge < -0.3 is 40.0 Å². The third-order valence-corrected chi connectivity index (χ3v) is 8.07. The van der Waals surface area contributed by atoms with Gasteiger partial charge in [-0.1, -0.05) is 32.6 Å². The average molecular weight is 648 g/mol. The number of likely N-dealkylation sites (N-methyl/N-ethyl adjacent to an activating group) is 1. The molecule has 1 saturated heterocycles. The Hall–Kier alpha value is -3.17. The van der Waals surface area contributed by atoms with Crippen molar-refractivity contribution < 1.29 is 33.2 Å². The van der Waals surface area contributed by atoms with Crippen LogP contribution in [0.4, 0.5) is 27.9 Å². The van der Waals surface area contributed by atoms with Gasteiger partial charge in [-0.3, -0.25) is 9.69 Å². The predicted octanol–water partition coefficient (Wildman–Crippen LogP) is 4.12. The van der Waals surface area contributed by atoms with Crippen molar-refractivity contribution in [2.45, 2.75) is 76.8 Å². The van der Waals surface area contributed by atoms with Gasteiger partial charge in [0.25, 0.3) is 0 Å². The molecule has 1 aliphatic carbocycles. The summed E-state index contributed by atoms with van der Waals surface area (Å²) in [6.07, 6.45) is 9.26. The first-order valence-corrected chi connectivity index (χ1v) is 16.7.